The number of benzene rings is 2. The van der Waals surface area contributed by atoms with E-state index in [-0.39, 0.29) is 29.9 Å². The first kappa shape index (κ1) is 27.0. The number of carbonyl (C=O) groups excluding carboxylic acids is 2. The summed E-state index contributed by atoms with van der Waals surface area (Å²) in [4.78, 5) is 43.8. The third-order valence-corrected chi connectivity index (χ3v) is 7.16. The number of aromatic hydroxyl groups is 1. The summed E-state index contributed by atoms with van der Waals surface area (Å²) in [7, 11) is 0. The molecule has 2 N–H and O–H groups in total. The van der Waals surface area contributed by atoms with Gasteiger partial charge in [0.15, 0.2) is 0 Å². The molecule has 1 saturated carbocycles. The van der Waals surface area contributed by atoms with Gasteiger partial charge >= 0.3 is 6.09 Å². The number of fused-ring (bicyclic) bond motifs is 1. The average molecular weight is 518 g/mol. The molecule has 2 amide bonds. The van der Waals surface area contributed by atoms with E-state index in [2.05, 4.69) is 11.6 Å². The molecular weight excluding hydrogens is 482 g/mol. The Hall–Kier alpha value is -4.07. The number of nitrogens with one attached hydrogen (secondary N) is 1. The number of H-pyrrole nitrogens is 1. The minimum absolute atomic E-state index is 0.00774. The zero-order valence-corrected chi connectivity index (χ0v) is 21.6. The van der Waals surface area contributed by atoms with Gasteiger partial charge in [-0.05, 0) is 48.6 Å². The summed E-state index contributed by atoms with van der Waals surface area (Å²) in [5.74, 6) is -0.130. The van der Waals surface area contributed by atoms with E-state index in [1.54, 1.807) is 23.1 Å². The number of aromatic amines is 1. The van der Waals surface area contributed by atoms with Gasteiger partial charge in [-0.1, -0.05) is 62.2 Å². The van der Waals surface area contributed by atoms with Crippen molar-refractivity contribution in [2.45, 2.75) is 51.2 Å². The molecule has 1 aromatic heterocycles. The van der Waals surface area contributed by atoms with Gasteiger partial charge in [0.25, 0.3) is 0 Å². The summed E-state index contributed by atoms with van der Waals surface area (Å²) >= 11 is 0. The summed E-state index contributed by atoms with van der Waals surface area (Å²) in [5.41, 5.74) is 1.83. The van der Waals surface area contributed by atoms with Gasteiger partial charge in [-0.15, -0.1) is 0 Å². The molecule has 2 aromatic carbocycles. The minimum atomic E-state index is -0.458. The van der Waals surface area contributed by atoms with E-state index in [1.807, 2.05) is 35.2 Å². The first-order valence-electron chi connectivity index (χ1n) is 13.2. The predicted octanol–water partition coefficient (Wildman–Crippen LogP) is 4.76. The Morgan fingerprint density at radius 2 is 1.76 bits per heavy atom. The molecule has 200 valence electrons. The van der Waals surface area contributed by atoms with Gasteiger partial charge in [0.2, 0.25) is 11.5 Å². The van der Waals surface area contributed by atoms with Gasteiger partial charge in [0.1, 0.15) is 12.4 Å². The molecule has 4 rings (SSSR count). The Kier molecular flexibility index (Phi) is 9.19. The number of hydrogen-bond donors (Lipinski definition) is 2. The first-order valence-corrected chi connectivity index (χ1v) is 13.2. The van der Waals surface area contributed by atoms with Crippen molar-refractivity contribution in [2.24, 2.45) is 0 Å². The summed E-state index contributed by atoms with van der Waals surface area (Å²) in [6.45, 7) is 4.87. The van der Waals surface area contributed by atoms with E-state index >= 15 is 0 Å². The van der Waals surface area contributed by atoms with E-state index < -0.39 is 6.09 Å². The number of carbonyl (C=O) groups is 2. The molecule has 8 nitrogen and oxygen atoms in total. The normalized spacial score (nSPS) is 13.7. The topological polar surface area (TPSA) is 103 Å². The van der Waals surface area contributed by atoms with Crippen molar-refractivity contribution in [1.29, 1.82) is 0 Å². The fourth-order valence-electron chi connectivity index (χ4n) is 5.09. The molecule has 0 atom stereocenters. The number of amides is 2. The van der Waals surface area contributed by atoms with Crippen LogP contribution in [0.2, 0.25) is 0 Å². The fourth-order valence-corrected chi connectivity index (χ4v) is 5.09. The van der Waals surface area contributed by atoms with Gasteiger partial charge in [0, 0.05) is 37.1 Å². The molecule has 1 heterocycles. The molecule has 0 aliphatic heterocycles. The molecule has 1 aliphatic carbocycles. The van der Waals surface area contributed by atoms with Crippen molar-refractivity contribution in [3.8, 4) is 5.75 Å². The highest BCUT2D eigenvalue weighted by Crippen LogP contribution is 2.26. The van der Waals surface area contributed by atoms with Crippen LogP contribution in [0.1, 0.15) is 43.2 Å². The SMILES string of the molecule is C=CC(=O)N(CCN(CCc1ccc(O)c2[nH]c(=O)ccc12)C(=O)OCc1ccccc1)C1CCCCC1. The second-order valence-corrected chi connectivity index (χ2v) is 9.66. The summed E-state index contributed by atoms with van der Waals surface area (Å²) in [6.07, 6.45) is 6.62. The second kappa shape index (κ2) is 12.9. The number of pyridine rings is 1. The van der Waals surface area contributed by atoms with Crippen LogP contribution in [0.15, 0.2) is 72.0 Å². The maximum Gasteiger partial charge on any atom is 0.410 e. The summed E-state index contributed by atoms with van der Waals surface area (Å²) in [5, 5.41) is 10.9. The number of rotatable bonds is 10. The Morgan fingerprint density at radius 1 is 1.00 bits per heavy atom. The number of aromatic nitrogens is 1. The van der Waals surface area contributed by atoms with Gasteiger partial charge in [-0.3, -0.25) is 9.59 Å². The lowest BCUT2D eigenvalue weighted by molar-refractivity contribution is -0.129. The van der Waals surface area contributed by atoms with Crippen LogP contribution in [0.4, 0.5) is 4.79 Å². The van der Waals surface area contributed by atoms with E-state index in [1.165, 1.54) is 18.6 Å². The van der Waals surface area contributed by atoms with Crippen LogP contribution in [0, 0.1) is 0 Å². The fraction of sp³-hybridized carbons (Fsp3) is 0.367. The largest absolute Gasteiger partial charge is 0.506 e. The lowest BCUT2D eigenvalue weighted by Gasteiger charge is -2.35. The van der Waals surface area contributed by atoms with Crippen molar-refractivity contribution in [3.63, 3.8) is 0 Å². The van der Waals surface area contributed by atoms with E-state index in [4.69, 9.17) is 4.74 Å². The molecule has 8 heteroatoms. The molecule has 3 aromatic rings. The molecule has 1 aliphatic rings. The quantitative estimate of drug-likeness (QED) is 0.378. The van der Waals surface area contributed by atoms with Gasteiger partial charge < -0.3 is 24.6 Å². The average Bonchev–Trinajstić information content (AvgIpc) is 2.95. The van der Waals surface area contributed by atoms with Gasteiger partial charge in [-0.25, -0.2) is 4.79 Å². The van der Waals surface area contributed by atoms with E-state index in [0.29, 0.717) is 37.0 Å². The predicted molar refractivity (Wildman–Crippen MR) is 147 cm³/mol. The van der Waals surface area contributed by atoms with E-state index in [9.17, 15) is 19.5 Å². The Bertz CT molecular complexity index is 1310. The minimum Gasteiger partial charge on any atom is -0.506 e. The monoisotopic (exact) mass is 517 g/mol. The van der Waals surface area contributed by atoms with Crippen LogP contribution < -0.4 is 5.56 Å². The maximum atomic E-state index is 13.2. The molecule has 0 saturated heterocycles. The van der Waals surface area contributed by atoms with Crippen molar-refractivity contribution in [2.75, 3.05) is 19.6 Å². The van der Waals surface area contributed by atoms with E-state index in [0.717, 1.165) is 36.8 Å². The van der Waals surface area contributed by atoms with Crippen LogP contribution in [0.3, 0.4) is 0 Å². The zero-order valence-electron chi connectivity index (χ0n) is 21.6. The lowest BCUT2D eigenvalue weighted by Crippen LogP contribution is -2.46. The smallest absolute Gasteiger partial charge is 0.410 e. The molecule has 1 fully saturated rings. The molecule has 0 radical (unpaired) electrons. The standard InChI is InChI=1S/C30H35N3O5/c1-2-28(36)33(24-11-7-4-8-12-24)20-19-32(30(37)38-21-22-9-5-3-6-10-22)18-17-23-13-15-26(34)29-25(23)14-16-27(35)31-29/h2-3,5-6,9-10,13-16,24,34H,1,4,7-8,11-12,17-21H2,(H,31,35). The number of phenolic OH excluding ortho intramolecular Hbond substituents is 1. The molecular formula is C30H35N3O5. The van der Waals surface area contributed by atoms with Crippen LogP contribution in [-0.4, -0.2) is 57.6 Å². The summed E-state index contributed by atoms with van der Waals surface area (Å²) < 4.78 is 5.64. The van der Waals surface area contributed by atoms with Crippen LogP contribution in [0.25, 0.3) is 10.9 Å². The van der Waals surface area contributed by atoms with Crippen LogP contribution in [-0.2, 0) is 22.6 Å². The number of hydrogen-bond acceptors (Lipinski definition) is 5. The molecule has 0 unspecified atom stereocenters. The van der Waals surface area contributed by atoms with Crippen molar-refractivity contribution in [3.05, 3.63) is 88.7 Å². The highest BCUT2D eigenvalue weighted by Gasteiger charge is 2.26. The van der Waals surface area contributed by atoms with Crippen LogP contribution >= 0.6 is 0 Å². The molecule has 0 bridgehead atoms. The third kappa shape index (κ3) is 6.82. The van der Waals surface area contributed by atoms with Gasteiger partial charge in [-0.2, -0.15) is 0 Å². The number of ether oxygens (including phenoxy) is 1. The second-order valence-electron chi connectivity index (χ2n) is 9.66. The Balaban J connectivity index is 1.51. The maximum absolute atomic E-state index is 13.2. The highest BCUT2D eigenvalue weighted by atomic mass is 16.6. The molecule has 0 spiro atoms. The van der Waals surface area contributed by atoms with Gasteiger partial charge in [0.05, 0.1) is 5.52 Å². The van der Waals surface area contributed by atoms with Crippen molar-refractivity contribution < 1.29 is 19.4 Å². The number of nitrogens with zero attached hydrogens (tertiary/aromatic N) is 2. The van der Waals surface area contributed by atoms with Crippen molar-refractivity contribution in [1.82, 2.24) is 14.8 Å². The molecule has 38 heavy (non-hydrogen) atoms. The Morgan fingerprint density at radius 3 is 2.50 bits per heavy atom. The lowest BCUT2D eigenvalue weighted by atomic mass is 9.94. The number of phenols is 1. The first-order chi connectivity index (χ1) is 18.5. The van der Waals surface area contributed by atoms with Crippen molar-refractivity contribution >= 4 is 22.9 Å². The summed E-state index contributed by atoms with van der Waals surface area (Å²) in [6, 6.07) is 16.1. The van der Waals surface area contributed by atoms with Crippen LogP contribution in [0.5, 0.6) is 5.75 Å². The zero-order chi connectivity index (χ0) is 26.9. The third-order valence-electron chi connectivity index (χ3n) is 7.16. The Labute approximate surface area is 222 Å². The highest BCUT2D eigenvalue weighted by molar-refractivity contribution is 5.88.